The summed E-state index contributed by atoms with van der Waals surface area (Å²) in [5.74, 6) is 1.68. The summed E-state index contributed by atoms with van der Waals surface area (Å²) in [4.78, 5) is 0.232. The molecule has 5 nitrogen and oxygen atoms in total. The van der Waals surface area contributed by atoms with E-state index in [0.717, 1.165) is 0 Å². The average molecular weight is 315 g/mol. The summed E-state index contributed by atoms with van der Waals surface area (Å²) >= 11 is 1.18. The zero-order valence-corrected chi connectivity index (χ0v) is 13.3. The maximum atomic E-state index is 12.3. The Kier molecular flexibility index (Phi) is 3.66. The van der Waals surface area contributed by atoms with Gasteiger partial charge in [0.2, 0.25) is 0 Å². The Hall–Kier alpha value is -0.820. The van der Waals surface area contributed by atoms with Gasteiger partial charge < -0.3 is 11.1 Å². The van der Waals surface area contributed by atoms with Gasteiger partial charge in [0.1, 0.15) is 9.90 Å². The number of sulfone groups is 1. The summed E-state index contributed by atoms with van der Waals surface area (Å²) < 4.78 is 28.7. The van der Waals surface area contributed by atoms with Gasteiger partial charge in [0.15, 0.2) is 15.7 Å². The monoisotopic (exact) mass is 315 g/mol. The van der Waals surface area contributed by atoms with Gasteiger partial charge in [-0.2, -0.15) is 4.37 Å². The first-order valence-electron chi connectivity index (χ1n) is 7.27. The van der Waals surface area contributed by atoms with Crippen LogP contribution in [-0.2, 0) is 9.84 Å². The van der Waals surface area contributed by atoms with E-state index >= 15 is 0 Å². The minimum absolute atomic E-state index is 0.127. The summed E-state index contributed by atoms with van der Waals surface area (Å²) in [5, 5.41) is 4.11. The topological polar surface area (TPSA) is 85.1 Å². The van der Waals surface area contributed by atoms with Crippen LogP contribution in [0.2, 0.25) is 0 Å². The molecule has 2 fully saturated rings. The molecule has 1 aromatic rings. The smallest absolute Gasteiger partial charge is 0.185 e. The molecule has 2 aliphatic carbocycles. The number of nitrogens with two attached hydrogens (primary N) is 1. The Morgan fingerprint density at radius 1 is 1.35 bits per heavy atom. The molecule has 0 amide bonds. The van der Waals surface area contributed by atoms with E-state index in [-0.39, 0.29) is 16.5 Å². The summed E-state index contributed by atoms with van der Waals surface area (Å²) in [6, 6.07) is 0.408. The fourth-order valence-electron chi connectivity index (χ4n) is 2.74. The van der Waals surface area contributed by atoms with Crippen molar-refractivity contribution in [1.29, 1.82) is 0 Å². The minimum Gasteiger partial charge on any atom is -0.382 e. The van der Waals surface area contributed by atoms with Crippen molar-refractivity contribution in [2.45, 2.75) is 50.0 Å². The number of hydrogen-bond acceptors (Lipinski definition) is 6. The van der Waals surface area contributed by atoms with Crippen molar-refractivity contribution in [3.8, 4) is 0 Å². The molecule has 0 aliphatic heterocycles. The molecule has 112 valence electrons. The molecule has 7 heteroatoms. The van der Waals surface area contributed by atoms with Crippen LogP contribution >= 0.6 is 11.5 Å². The molecular weight excluding hydrogens is 294 g/mol. The molecule has 1 heterocycles. The Morgan fingerprint density at radius 2 is 1.95 bits per heavy atom. The second-order valence-corrected chi connectivity index (χ2v) is 8.71. The van der Waals surface area contributed by atoms with Gasteiger partial charge in [-0.1, -0.05) is 6.92 Å². The lowest BCUT2D eigenvalue weighted by atomic mass is 10.1. The van der Waals surface area contributed by atoms with E-state index in [1.807, 2.05) is 6.92 Å². The van der Waals surface area contributed by atoms with Gasteiger partial charge in [-0.3, -0.25) is 0 Å². The van der Waals surface area contributed by atoms with Crippen LogP contribution in [0.1, 0.15) is 39.0 Å². The molecule has 0 atom stereocenters. The quantitative estimate of drug-likeness (QED) is 0.807. The van der Waals surface area contributed by atoms with Crippen LogP contribution in [0, 0.1) is 11.8 Å². The molecule has 3 N–H and O–H groups in total. The molecule has 20 heavy (non-hydrogen) atoms. The zero-order valence-electron chi connectivity index (χ0n) is 11.6. The molecule has 3 rings (SSSR count). The van der Waals surface area contributed by atoms with Crippen molar-refractivity contribution < 1.29 is 8.42 Å². The number of nitrogen functional groups attached to an aromatic ring is 1. The summed E-state index contributed by atoms with van der Waals surface area (Å²) in [5.41, 5.74) is 5.80. The van der Waals surface area contributed by atoms with E-state index in [0.29, 0.717) is 29.3 Å². The van der Waals surface area contributed by atoms with Crippen LogP contribution in [0.15, 0.2) is 4.90 Å². The zero-order chi connectivity index (χ0) is 14.3. The van der Waals surface area contributed by atoms with E-state index in [1.165, 1.54) is 37.2 Å². The highest BCUT2D eigenvalue weighted by atomic mass is 32.2. The molecule has 0 saturated heterocycles. The van der Waals surface area contributed by atoms with Gasteiger partial charge in [0.05, 0.1) is 5.75 Å². The van der Waals surface area contributed by atoms with Gasteiger partial charge in [-0.25, -0.2) is 8.42 Å². The highest BCUT2D eigenvalue weighted by Crippen LogP contribution is 2.47. The van der Waals surface area contributed by atoms with Crippen LogP contribution in [0.25, 0.3) is 0 Å². The molecule has 2 aliphatic rings. The van der Waals surface area contributed by atoms with Gasteiger partial charge in [-0.15, -0.1) is 0 Å². The lowest BCUT2D eigenvalue weighted by molar-refractivity contribution is 0.566. The lowest BCUT2D eigenvalue weighted by Crippen LogP contribution is -2.25. The predicted octanol–water partition coefficient (Wildman–Crippen LogP) is 2.51. The third-order valence-corrected chi connectivity index (χ3v) is 6.92. The first kappa shape index (κ1) is 14.1. The Morgan fingerprint density at radius 3 is 2.45 bits per heavy atom. The van der Waals surface area contributed by atoms with E-state index in [4.69, 9.17) is 5.73 Å². The number of anilines is 2. The predicted molar refractivity (Wildman–Crippen MR) is 81.7 cm³/mol. The van der Waals surface area contributed by atoms with Gasteiger partial charge in [-0.05, 0) is 55.5 Å². The van der Waals surface area contributed by atoms with Crippen LogP contribution in [0.3, 0.4) is 0 Å². The largest absolute Gasteiger partial charge is 0.382 e. The van der Waals surface area contributed by atoms with Crippen LogP contribution in [0.5, 0.6) is 0 Å². The molecule has 0 spiro atoms. The maximum absolute atomic E-state index is 12.3. The van der Waals surface area contributed by atoms with Crippen molar-refractivity contribution in [3.05, 3.63) is 0 Å². The third-order valence-electron chi connectivity index (χ3n) is 4.02. The van der Waals surface area contributed by atoms with Crippen molar-refractivity contribution in [3.63, 3.8) is 0 Å². The minimum atomic E-state index is -3.32. The van der Waals surface area contributed by atoms with Crippen molar-refractivity contribution in [2.75, 3.05) is 16.8 Å². The van der Waals surface area contributed by atoms with Crippen molar-refractivity contribution in [2.24, 2.45) is 11.8 Å². The molecule has 0 unspecified atom stereocenters. The summed E-state index contributed by atoms with van der Waals surface area (Å²) in [6.45, 7) is 1.86. The second-order valence-electron chi connectivity index (χ2n) is 5.89. The highest BCUT2D eigenvalue weighted by Gasteiger charge is 2.42. The maximum Gasteiger partial charge on any atom is 0.185 e. The van der Waals surface area contributed by atoms with E-state index in [2.05, 4.69) is 9.69 Å². The Bertz CT molecular complexity index is 577. The normalized spacial score (nSPS) is 19.5. The molecular formula is C13H21N3O2S2. The first-order valence-corrected chi connectivity index (χ1v) is 9.70. The van der Waals surface area contributed by atoms with E-state index < -0.39 is 9.84 Å². The molecule has 2 saturated carbocycles. The third kappa shape index (κ3) is 2.79. The van der Waals surface area contributed by atoms with Crippen molar-refractivity contribution in [1.82, 2.24) is 4.37 Å². The van der Waals surface area contributed by atoms with Crippen LogP contribution < -0.4 is 11.1 Å². The number of rotatable bonds is 7. The van der Waals surface area contributed by atoms with Crippen molar-refractivity contribution >= 4 is 32.2 Å². The van der Waals surface area contributed by atoms with E-state index in [9.17, 15) is 8.42 Å². The highest BCUT2D eigenvalue weighted by molar-refractivity contribution is 7.91. The molecule has 0 aromatic carbocycles. The van der Waals surface area contributed by atoms with Crippen LogP contribution in [-0.4, -0.2) is 24.6 Å². The second kappa shape index (κ2) is 5.18. The number of hydrogen-bond donors (Lipinski definition) is 2. The summed E-state index contributed by atoms with van der Waals surface area (Å²) in [7, 11) is -3.32. The number of aromatic nitrogens is 1. The average Bonchev–Trinajstić information content (AvgIpc) is 3.25. The molecule has 1 aromatic heterocycles. The molecule has 0 bridgehead atoms. The standard InChI is InChI=1S/C13H21N3O2S2/c1-2-7-20(17,18)11-12(14)16-19-13(11)15-10(8-3-4-8)9-5-6-9/h8-10,15H,2-7H2,1H3,(H2,14,16). The Labute approximate surface area is 124 Å². The number of nitrogens with one attached hydrogen (secondary N) is 1. The van der Waals surface area contributed by atoms with Gasteiger partial charge in [0, 0.05) is 6.04 Å². The molecule has 0 radical (unpaired) electrons. The fourth-order valence-corrected chi connectivity index (χ4v) is 5.39. The first-order chi connectivity index (χ1) is 9.53. The lowest BCUT2D eigenvalue weighted by Gasteiger charge is -2.18. The van der Waals surface area contributed by atoms with E-state index in [1.54, 1.807) is 0 Å². The van der Waals surface area contributed by atoms with Gasteiger partial charge in [0.25, 0.3) is 0 Å². The van der Waals surface area contributed by atoms with Crippen LogP contribution in [0.4, 0.5) is 10.8 Å². The summed E-state index contributed by atoms with van der Waals surface area (Å²) in [6.07, 6.45) is 5.59. The fraction of sp³-hybridized carbons (Fsp3) is 0.769. The number of nitrogens with zero attached hydrogens (tertiary/aromatic N) is 1. The SMILES string of the molecule is CCCS(=O)(=O)c1c(N)nsc1NC(C1CC1)C1CC1. The Balaban J connectivity index is 1.86. The van der Waals surface area contributed by atoms with Gasteiger partial charge >= 0.3 is 0 Å².